The molecule has 34 heavy (non-hydrogen) atoms. The van der Waals surface area contributed by atoms with E-state index < -0.39 is 17.5 Å². The van der Waals surface area contributed by atoms with Crippen molar-refractivity contribution >= 4 is 28.4 Å². The van der Waals surface area contributed by atoms with Gasteiger partial charge in [-0.1, -0.05) is 35.5 Å². The minimum atomic E-state index is -0.806. The number of nitrogens with zero attached hydrogens (tertiary/aromatic N) is 6. The Morgan fingerprint density at radius 1 is 1.21 bits per heavy atom. The molecule has 1 atom stereocenters. The van der Waals surface area contributed by atoms with Gasteiger partial charge < -0.3 is 14.8 Å². The summed E-state index contributed by atoms with van der Waals surface area (Å²) in [6, 6.07) is 9.05. The van der Waals surface area contributed by atoms with Gasteiger partial charge in [-0.25, -0.2) is 14.1 Å². The third-order valence-electron chi connectivity index (χ3n) is 5.97. The molecule has 3 aromatic heterocycles. The van der Waals surface area contributed by atoms with E-state index in [-0.39, 0.29) is 34.9 Å². The van der Waals surface area contributed by atoms with E-state index in [9.17, 15) is 14.0 Å². The summed E-state index contributed by atoms with van der Waals surface area (Å²) < 4.78 is 16.1. The summed E-state index contributed by atoms with van der Waals surface area (Å²) in [4.78, 5) is 36.6. The normalized spacial score (nSPS) is 16.1. The number of halogens is 1. The van der Waals surface area contributed by atoms with Gasteiger partial charge in [-0.2, -0.15) is 0 Å². The molecule has 1 aliphatic heterocycles. The number of fused-ring (bicyclic) bond motifs is 1. The highest BCUT2D eigenvalue weighted by Gasteiger charge is 2.34. The van der Waals surface area contributed by atoms with Crippen LogP contribution in [0.4, 0.5) is 4.39 Å². The first-order valence-corrected chi connectivity index (χ1v) is 10.7. The number of pyridine rings is 1. The van der Waals surface area contributed by atoms with Crippen molar-refractivity contribution < 1.29 is 14.0 Å². The summed E-state index contributed by atoms with van der Waals surface area (Å²) in [5.74, 6) is -1.60. The quantitative estimate of drug-likeness (QED) is 0.208. The van der Waals surface area contributed by atoms with Gasteiger partial charge in [-0.3, -0.25) is 15.0 Å². The molecular weight excluding hydrogens is 439 g/mol. The molecule has 1 fully saturated rings. The van der Waals surface area contributed by atoms with Crippen LogP contribution in [0.2, 0.25) is 0 Å². The van der Waals surface area contributed by atoms with E-state index in [0.29, 0.717) is 18.9 Å². The van der Waals surface area contributed by atoms with E-state index in [4.69, 9.17) is 5.41 Å². The molecule has 1 saturated heterocycles. The molecule has 1 unspecified atom stereocenters. The predicted octanol–water partition coefficient (Wildman–Crippen LogP) is 2.02. The molecule has 1 amide bonds. The van der Waals surface area contributed by atoms with Crippen LogP contribution in [0.25, 0.3) is 16.7 Å². The zero-order valence-corrected chi connectivity index (χ0v) is 18.3. The summed E-state index contributed by atoms with van der Waals surface area (Å²) in [5, 5.41) is 16.0. The molecule has 1 aliphatic rings. The smallest absolute Gasteiger partial charge is 0.295 e. The van der Waals surface area contributed by atoms with Crippen molar-refractivity contribution in [2.75, 3.05) is 19.6 Å². The second kappa shape index (κ2) is 8.50. The number of H-pyrrole nitrogens is 1. The summed E-state index contributed by atoms with van der Waals surface area (Å²) >= 11 is 0. The third kappa shape index (κ3) is 3.60. The van der Waals surface area contributed by atoms with Crippen molar-refractivity contribution in [2.24, 2.45) is 0 Å². The Kier molecular flexibility index (Phi) is 5.36. The average Bonchev–Trinajstić information content (AvgIpc) is 3.55. The number of nitrogens with one attached hydrogen (secondary N) is 2. The average molecular weight is 460 g/mol. The van der Waals surface area contributed by atoms with E-state index in [2.05, 4.69) is 20.3 Å². The number of amides is 1. The van der Waals surface area contributed by atoms with Gasteiger partial charge >= 0.3 is 0 Å². The Hall–Kier alpha value is -4.41. The molecule has 1 aromatic carbocycles. The van der Waals surface area contributed by atoms with Crippen LogP contribution < -0.4 is 0 Å². The molecule has 0 aliphatic carbocycles. The van der Waals surface area contributed by atoms with Crippen LogP contribution in [-0.4, -0.2) is 78.0 Å². The van der Waals surface area contributed by atoms with Gasteiger partial charge in [0.1, 0.15) is 5.84 Å². The second-order valence-corrected chi connectivity index (χ2v) is 8.07. The number of hydrogen-bond acceptors (Lipinski definition) is 6. The van der Waals surface area contributed by atoms with Gasteiger partial charge in [-0.05, 0) is 6.92 Å². The van der Waals surface area contributed by atoms with E-state index >= 15 is 0 Å². The van der Waals surface area contributed by atoms with Crippen LogP contribution >= 0.6 is 0 Å². The fraction of sp³-hybridized carbons (Fsp3) is 0.217. The van der Waals surface area contributed by atoms with Gasteiger partial charge in [0.05, 0.1) is 35.1 Å². The molecule has 10 nitrogen and oxygen atoms in total. The topological polar surface area (TPSA) is 124 Å². The molecule has 172 valence electrons. The zero-order valence-electron chi connectivity index (χ0n) is 18.3. The van der Waals surface area contributed by atoms with Crippen LogP contribution in [-0.2, 0) is 4.79 Å². The molecule has 5 rings (SSSR count). The zero-order chi connectivity index (χ0) is 23.8. The van der Waals surface area contributed by atoms with Crippen molar-refractivity contribution in [3.8, 4) is 5.82 Å². The third-order valence-corrected chi connectivity index (χ3v) is 5.97. The number of aromatic nitrogens is 5. The number of Topliss-reactive ketones (excluding diaryl/α,β-unsaturated/α-hetero) is 1. The van der Waals surface area contributed by atoms with Crippen molar-refractivity contribution in [1.29, 1.82) is 5.41 Å². The number of benzene rings is 1. The molecule has 4 heterocycles. The van der Waals surface area contributed by atoms with Crippen LogP contribution in [0, 0.1) is 11.2 Å². The van der Waals surface area contributed by atoms with E-state index in [1.807, 2.05) is 42.2 Å². The summed E-state index contributed by atoms with van der Waals surface area (Å²) in [6.45, 7) is 2.94. The molecule has 0 bridgehead atoms. The highest BCUT2D eigenvalue weighted by Crippen LogP contribution is 2.26. The molecule has 0 saturated carbocycles. The maximum absolute atomic E-state index is 14.7. The highest BCUT2D eigenvalue weighted by atomic mass is 19.1. The molecule has 2 N–H and O–H groups in total. The molecule has 0 radical (unpaired) electrons. The molecule has 4 aromatic rings. The fourth-order valence-electron chi connectivity index (χ4n) is 4.26. The molecule has 11 heteroatoms. The van der Waals surface area contributed by atoms with Crippen LogP contribution in [0.15, 0.2) is 55.1 Å². The lowest BCUT2D eigenvalue weighted by atomic mass is 10.1. The van der Waals surface area contributed by atoms with Gasteiger partial charge in [-0.15, -0.1) is 5.10 Å². The van der Waals surface area contributed by atoms with Gasteiger partial charge in [0.15, 0.2) is 11.6 Å². The number of hydrogen-bond donors (Lipinski definition) is 2. The SMILES string of the molecule is CC1CN(C(=N)c2ccccc2)CCN1C(=O)C(=O)c1c[nH]c2c(-n3ccnn3)ncc(F)c12. The Balaban J connectivity index is 1.37. The Bertz CT molecular complexity index is 1380. The first-order chi connectivity index (χ1) is 16.5. The maximum atomic E-state index is 14.7. The van der Waals surface area contributed by atoms with E-state index in [0.717, 1.165) is 11.8 Å². The number of aromatic amines is 1. The molecule has 0 spiro atoms. The van der Waals surface area contributed by atoms with Crippen molar-refractivity contribution in [3.05, 3.63) is 72.1 Å². The number of carbonyl (C=O) groups is 2. The Morgan fingerprint density at radius 2 is 2.00 bits per heavy atom. The van der Waals surface area contributed by atoms with Gasteiger partial charge in [0.2, 0.25) is 0 Å². The minimum absolute atomic E-state index is 0.0176. The summed E-state index contributed by atoms with van der Waals surface area (Å²) in [7, 11) is 0. The number of rotatable bonds is 4. The van der Waals surface area contributed by atoms with Crippen LogP contribution in [0.3, 0.4) is 0 Å². The maximum Gasteiger partial charge on any atom is 0.295 e. The standard InChI is InChI=1S/C23H21FN8O2/c1-14-13-30(21(25)15-5-3-2-4-6-15)9-10-31(14)23(34)20(33)16-11-26-19-18(16)17(24)12-27-22(19)32-8-7-28-29-32/h2-8,11-12,14,25-26H,9-10,13H2,1H3. The van der Waals surface area contributed by atoms with E-state index in [1.165, 1.54) is 22.0 Å². The first-order valence-electron chi connectivity index (χ1n) is 10.7. The van der Waals surface area contributed by atoms with Crippen molar-refractivity contribution in [1.82, 2.24) is 34.8 Å². The molecular formula is C23H21FN8O2. The van der Waals surface area contributed by atoms with E-state index in [1.54, 1.807) is 6.20 Å². The largest absolute Gasteiger partial charge is 0.357 e. The monoisotopic (exact) mass is 460 g/mol. The Labute approximate surface area is 193 Å². The number of ketones is 1. The van der Waals surface area contributed by atoms with Crippen molar-refractivity contribution in [2.45, 2.75) is 13.0 Å². The summed E-state index contributed by atoms with van der Waals surface area (Å²) in [5.41, 5.74) is 0.973. The lowest BCUT2D eigenvalue weighted by Gasteiger charge is -2.40. The van der Waals surface area contributed by atoms with Gasteiger partial charge in [0, 0.05) is 37.4 Å². The second-order valence-electron chi connectivity index (χ2n) is 8.07. The minimum Gasteiger partial charge on any atom is -0.357 e. The predicted molar refractivity (Wildman–Crippen MR) is 121 cm³/mol. The van der Waals surface area contributed by atoms with Crippen molar-refractivity contribution in [3.63, 3.8) is 0 Å². The number of piperazine rings is 1. The highest BCUT2D eigenvalue weighted by molar-refractivity contribution is 6.45. The first kappa shape index (κ1) is 21.4. The lowest BCUT2D eigenvalue weighted by Crippen LogP contribution is -2.56. The number of carbonyl (C=O) groups excluding carboxylic acids is 2. The van der Waals surface area contributed by atoms with Gasteiger partial charge in [0.25, 0.3) is 11.7 Å². The van der Waals surface area contributed by atoms with Crippen LogP contribution in [0.5, 0.6) is 0 Å². The number of amidine groups is 1. The Morgan fingerprint density at radius 3 is 2.71 bits per heavy atom. The fourth-order valence-corrected chi connectivity index (χ4v) is 4.26. The summed E-state index contributed by atoms with van der Waals surface area (Å²) in [6.07, 6.45) is 5.31. The lowest BCUT2D eigenvalue weighted by molar-refractivity contribution is -0.130. The van der Waals surface area contributed by atoms with Crippen LogP contribution in [0.1, 0.15) is 22.8 Å².